The normalized spacial score (nSPS) is 24.6. The van der Waals surface area contributed by atoms with Crippen LogP contribution in [0.25, 0.3) is 0 Å². The second kappa shape index (κ2) is 5.31. The fourth-order valence-electron chi connectivity index (χ4n) is 2.33. The quantitative estimate of drug-likeness (QED) is 0.737. The van der Waals surface area contributed by atoms with Gasteiger partial charge in [0, 0.05) is 12.1 Å². The molecule has 1 saturated carbocycles. The van der Waals surface area contributed by atoms with Crippen molar-refractivity contribution in [1.82, 2.24) is 9.97 Å². The molecule has 1 heterocycles. The minimum atomic E-state index is -0.132. The summed E-state index contributed by atoms with van der Waals surface area (Å²) in [5.74, 6) is 1.85. The first-order chi connectivity index (χ1) is 8.16. The Kier molecular flexibility index (Phi) is 3.78. The van der Waals surface area contributed by atoms with Crippen molar-refractivity contribution in [2.24, 2.45) is 5.92 Å². The summed E-state index contributed by atoms with van der Waals surface area (Å²) in [6.07, 6.45) is 5.44. The van der Waals surface area contributed by atoms with E-state index in [0.29, 0.717) is 11.7 Å². The van der Waals surface area contributed by atoms with Crippen molar-refractivity contribution in [2.75, 3.05) is 17.6 Å². The Balaban J connectivity index is 1.91. The summed E-state index contributed by atoms with van der Waals surface area (Å²) in [5.41, 5.74) is 6.61. The van der Waals surface area contributed by atoms with E-state index >= 15 is 0 Å². The molecule has 94 valence electrons. The number of nitrogens with zero attached hydrogens (tertiary/aromatic N) is 2. The van der Waals surface area contributed by atoms with Crippen LogP contribution in [0.4, 0.5) is 11.6 Å². The number of aromatic nitrogens is 2. The highest BCUT2D eigenvalue weighted by Crippen LogP contribution is 2.25. The van der Waals surface area contributed by atoms with Crippen LogP contribution in [0.2, 0.25) is 0 Å². The predicted octanol–water partition coefficient (Wildman–Crippen LogP) is 1.33. The molecule has 5 nitrogen and oxygen atoms in total. The highest BCUT2D eigenvalue weighted by atomic mass is 16.3. The molecule has 1 aliphatic rings. The van der Waals surface area contributed by atoms with Crippen LogP contribution in [0, 0.1) is 12.8 Å². The van der Waals surface area contributed by atoms with E-state index in [1.165, 1.54) is 12.7 Å². The molecule has 0 aromatic carbocycles. The van der Waals surface area contributed by atoms with Gasteiger partial charge in [0.25, 0.3) is 0 Å². The summed E-state index contributed by atoms with van der Waals surface area (Å²) in [6.45, 7) is 2.75. The first-order valence-electron chi connectivity index (χ1n) is 6.16. The average molecular weight is 236 g/mol. The Morgan fingerprint density at radius 3 is 3.06 bits per heavy atom. The highest BCUT2D eigenvalue weighted by Gasteiger charge is 2.20. The maximum absolute atomic E-state index is 9.60. The van der Waals surface area contributed by atoms with Gasteiger partial charge in [0.1, 0.15) is 18.0 Å². The molecule has 0 bridgehead atoms. The van der Waals surface area contributed by atoms with Gasteiger partial charge in [0.2, 0.25) is 0 Å². The van der Waals surface area contributed by atoms with Gasteiger partial charge in [-0.05, 0) is 32.1 Å². The topological polar surface area (TPSA) is 84.1 Å². The molecule has 0 radical (unpaired) electrons. The van der Waals surface area contributed by atoms with Gasteiger partial charge in [0.15, 0.2) is 0 Å². The molecule has 2 unspecified atom stereocenters. The van der Waals surface area contributed by atoms with Gasteiger partial charge < -0.3 is 16.2 Å². The number of aliphatic hydroxyl groups excluding tert-OH is 1. The Morgan fingerprint density at radius 2 is 2.29 bits per heavy atom. The zero-order valence-electron chi connectivity index (χ0n) is 10.2. The van der Waals surface area contributed by atoms with E-state index in [1.807, 2.05) is 6.92 Å². The molecular formula is C12H20N4O. The van der Waals surface area contributed by atoms with E-state index < -0.39 is 0 Å². The second-order valence-corrected chi connectivity index (χ2v) is 4.80. The predicted molar refractivity (Wildman–Crippen MR) is 67.6 cm³/mol. The highest BCUT2D eigenvalue weighted by molar-refractivity contribution is 5.53. The zero-order valence-corrected chi connectivity index (χ0v) is 10.2. The number of nitrogen functional groups attached to an aromatic ring is 1. The zero-order chi connectivity index (χ0) is 12.3. The summed E-state index contributed by atoms with van der Waals surface area (Å²) in [7, 11) is 0. The molecule has 2 atom stereocenters. The standard InChI is InChI=1S/C12H20N4O/c1-8-11(13)15-7-16-12(8)14-6-9-3-2-4-10(17)5-9/h7,9-10,17H,2-6H2,1H3,(H3,13,14,15,16). The molecule has 17 heavy (non-hydrogen) atoms. The van der Waals surface area contributed by atoms with E-state index in [-0.39, 0.29) is 6.10 Å². The lowest BCUT2D eigenvalue weighted by Crippen LogP contribution is -2.25. The largest absolute Gasteiger partial charge is 0.393 e. The smallest absolute Gasteiger partial charge is 0.134 e. The molecular weight excluding hydrogens is 216 g/mol. The monoisotopic (exact) mass is 236 g/mol. The number of anilines is 2. The molecule has 0 saturated heterocycles. The molecule has 0 aliphatic heterocycles. The van der Waals surface area contributed by atoms with Gasteiger partial charge in [-0.1, -0.05) is 6.42 Å². The second-order valence-electron chi connectivity index (χ2n) is 4.80. The molecule has 5 heteroatoms. The molecule has 4 N–H and O–H groups in total. The van der Waals surface area contributed by atoms with Crippen LogP contribution >= 0.6 is 0 Å². The van der Waals surface area contributed by atoms with Crippen LogP contribution < -0.4 is 11.1 Å². The van der Waals surface area contributed by atoms with Gasteiger partial charge in [-0.2, -0.15) is 0 Å². The van der Waals surface area contributed by atoms with Crippen molar-refractivity contribution in [3.8, 4) is 0 Å². The lowest BCUT2D eigenvalue weighted by Gasteiger charge is -2.26. The van der Waals surface area contributed by atoms with Crippen molar-refractivity contribution >= 4 is 11.6 Å². The van der Waals surface area contributed by atoms with E-state index in [4.69, 9.17) is 5.73 Å². The Bertz CT molecular complexity index is 383. The number of aliphatic hydroxyl groups is 1. The lowest BCUT2D eigenvalue weighted by atomic mass is 9.87. The minimum Gasteiger partial charge on any atom is -0.393 e. The summed E-state index contributed by atoms with van der Waals surface area (Å²) in [6, 6.07) is 0. The third-order valence-electron chi connectivity index (χ3n) is 3.44. The third-order valence-corrected chi connectivity index (χ3v) is 3.44. The van der Waals surface area contributed by atoms with Gasteiger partial charge in [0.05, 0.1) is 6.10 Å². The minimum absolute atomic E-state index is 0.132. The van der Waals surface area contributed by atoms with Crippen molar-refractivity contribution in [3.05, 3.63) is 11.9 Å². The average Bonchev–Trinajstić information content (AvgIpc) is 2.31. The van der Waals surface area contributed by atoms with Crippen LogP contribution in [0.3, 0.4) is 0 Å². The van der Waals surface area contributed by atoms with E-state index in [2.05, 4.69) is 15.3 Å². The third kappa shape index (κ3) is 3.06. The van der Waals surface area contributed by atoms with Crippen LogP contribution in [0.5, 0.6) is 0 Å². The van der Waals surface area contributed by atoms with Crippen molar-refractivity contribution < 1.29 is 5.11 Å². The lowest BCUT2D eigenvalue weighted by molar-refractivity contribution is 0.104. The fraction of sp³-hybridized carbons (Fsp3) is 0.667. The number of nitrogens with two attached hydrogens (primary N) is 1. The van der Waals surface area contributed by atoms with Gasteiger partial charge >= 0.3 is 0 Å². The van der Waals surface area contributed by atoms with Crippen molar-refractivity contribution in [3.63, 3.8) is 0 Å². The first-order valence-corrected chi connectivity index (χ1v) is 6.16. The SMILES string of the molecule is Cc1c(N)ncnc1NCC1CCCC(O)C1. The molecule has 1 aromatic rings. The van der Waals surface area contributed by atoms with Crippen LogP contribution in [-0.4, -0.2) is 27.7 Å². The van der Waals surface area contributed by atoms with Crippen LogP contribution in [-0.2, 0) is 0 Å². The molecule has 1 aliphatic carbocycles. The first kappa shape index (κ1) is 12.1. The summed E-state index contributed by atoms with van der Waals surface area (Å²) >= 11 is 0. The molecule has 0 spiro atoms. The van der Waals surface area contributed by atoms with Gasteiger partial charge in [-0.25, -0.2) is 9.97 Å². The van der Waals surface area contributed by atoms with Crippen LogP contribution in [0.1, 0.15) is 31.2 Å². The summed E-state index contributed by atoms with van der Waals surface area (Å²) in [4.78, 5) is 8.11. The molecule has 1 aromatic heterocycles. The van der Waals surface area contributed by atoms with E-state index in [0.717, 1.165) is 37.2 Å². The number of hydrogen-bond donors (Lipinski definition) is 3. The molecule has 0 amide bonds. The number of hydrogen-bond acceptors (Lipinski definition) is 5. The number of rotatable bonds is 3. The maximum atomic E-state index is 9.60. The number of nitrogens with one attached hydrogen (secondary N) is 1. The van der Waals surface area contributed by atoms with Crippen molar-refractivity contribution in [1.29, 1.82) is 0 Å². The molecule has 1 fully saturated rings. The van der Waals surface area contributed by atoms with Crippen molar-refractivity contribution in [2.45, 2.75) is 38.7 Å². The van der Waals surface area contributed by atoms with E-state index in [9.17, 15) is 5.11 Å². The van der Waals surface area contributed by atoms with Gasteiger partial charge in [-0.15, -0.1) is 0 Å². The molecule has 2 rings (SSSR count). The summed E-state index contributed by atoms with van der Waals surface area (Å²) in [5, 5.41) is 12.9. The van der Waals surface area contributed by atoms with Crippen LogP contribution in [0.15, 0.2) is 6.33 Å². The fourth-order valence-corrected chi connectivity index (χ4v) is 2.33. The Labute approximate surface area is 101 Å². The van der Waals surface area contributed by atoms with Gasteiger partial charge in [-0.3, -0.25) is 0 Å². The summed E-state index contributed by atoms with van der Waals surface area (Å²) < 4.78 is 0. The Hall–Kier alpha value is -1.36. The Morgan fingerprint density at radius 1 is 1.47 bits per heavy atom. The maximum Gasteiger partial charge on any atom is 0.134 e. The van der Waals surface area contributed by atoms with E-state index in [1.54, 1.807) is 0 Å².